The fourth-order valence-corrected chi connectivity index (χ4v) is 2.49. The van der Waals surface area contributed by atoms with E-state index in [-0.39, 0.29) is 12.1 Å². The Bertz CT molecular complexity index is 453. The molecule has 1 aromatic rings. The van der Waals surface area contributed by atoms with Crippen LogP contribution in [0.25, 0.3) is 0 Å². The summed E-state index contributed by atoms with van der Waals surface area (Å²) in [5, 5.41) is 0. The monoisotopic (exact) mass is 289 g/mol. The highest BCUT2D eigenvalue weighted by Crippen LogP contribution is 2.30. The van der Waals surface area contributed by atoms with Crippen LogP contribution in [0.4, 0.5) is 19.0 Å². The van der Waals surface area contributed by atoms with Crippen molar-refractivity contribution in [1.82, 2.24) is 4.98 Å². The smallest absolute Gasteiger partial charge is 0.381 e. The van der Waals surface area contributed by atoms with E-state index in [1.165, 1.54) is 6.07 Å². The Hall–Kier alpha value is -1.34. The predicted molar refractivity (Wildman–Crippen MR) is 69.5 cm³/mol. The topological polar surface area (TPSA) is 51.4 Å². The summed E-state index contributed by atoms with van der Waals surface area (Å²) in [6.07, 6.45) is -2.87. The molecule has 7 heteroatoms. The fourth-order valence-electron chi connectivity index (χ4n) is 2.49. The first-order valence-electron chi connectivity index (χ1n) is 6.49. The Morgan fingerprint density at radius 3 is 2.80 bits per heavy atom. The van der Waals surface area contributed by atoms with E-state index in [0.717, 1.165) is 12.5 Å². The molecule has 2 unspecified atom stereocenters. The molecule has 0 radical (unpaired) electrons. The van der Waals surface area contributed by atoms with Gasteiger partial charge in [0.15, 0.2) is 0 Å². The summed E-state index contributed by atoms with van der Waals surface area (Å²) in [5.41, 5.74) is 4.85. The highest BCUT2D eigenvalue weighted by molar-refractivity contribution is 5.42. The van der Waals surface area contributed by atoms with Crippen molar-refractivity contribution in [2.75, 3.05) is 25.1 Å². The van der Waals surface area contributed by atoms with Gasteiger partial charge in [0.2, 0.25) is 0 Å². The minimum atomic E-state index is -4.43. The summed E-state index contributed by atoms with van der Waals surface area (Å²) in [6, 6.07) is 3.89. The van der Waals surface area contributed by atoms with Gasteiger partial charge in [-0.25, -0.2) is 4.98 Å². The molecule has 0 aromatic carbocycles. The van der Waals surface area contributed by atoms with Crippen molar-refractivity contribution in [3.63, 3.8) is 0 Å². The highest BCUT2D eigenvalue weighted by atomic mass is 19.4. The number of anilines is 1. The summed E-state index contributed by atoms with van der Waals surface area (Å²) in [7, 11) is 1.64. The molecular formula is C13H18F3N3O. The van der Waals surface area contributed by atoms with E-state index in [2.05, 4.69) is 4.98 Å². The third kappa shape index (κ3) is 3.21. The Labute approximate surface area is 115 Å². The molecule has 0 saturated carbocycles. The maximum Gasteiger partial charge on any atom is 0.433 e. The molecule has 0 amide bonds. The van der Waals surface area contributed by atoms with Crippen molar-refractivity contribution in [3.8, 4) is 0 Å². The van der Waals surface area contributed by atoms with Crippen LogP contribution in [0.15, 0.2) is 18.2 Å². The number of nitrogens with two attached hydrogens (primary N) is 1. The van der Waals surface area contributed by atoms with Crippen LogP contribution in [-0.4, -0.2) is 37.3 Å². The van der Waals surface area contributed by atoms with Crippen molar-refractivity contribution >= 4 is 5.82 Å². The lowest BCUT2D eigenvalue weighted by Gasteiger charge is -2.39. The zero-order chi connectivity index (χ0) is 14.8. The van der Waals surface area contributed by atoms with E-state index in [0.29, 0.717) is 25.3 Å². The van der Waals surface area contributed by atoms with Gasteiger partial charge >= 0.3 is 6.18 Å². The molecule has 2 rings (SSSR count). The number of alkyl halides is 3. The third-order valence-electron chi connectivity index (χ3n) is 3.59. The number of aromatic nitrogens is 1. The molecule has 2 N–H and O–H groups in total. The van der Waals surface area contributed by atoms with Gasteiger partial charge in [-0.3, -0.25) is 0 Å². The van der Waals surface area contributed by atoms with E-state index in [9.17, 15) is 13.2 Å². The van der Waals surface area contributed by atoms with Gasteiger partial charge in [0, 0.05) is 26.2 Å². The van der Waals surface area contributed by atoms with Crippen LogP contribution in [0, 0.1) is 0 Å². The molecule has 0 bridgehead atoms. The Kier molecular flexibility index (Phi) is 4.49. The predicted octanol–water partition coefficient (Wildman–Crippen LogP) is 2.04. The lowest BCUT2D eigenvalue weighted by Crippen LogP contribution is -2.49. The van der Waals surface area contributed by atoms with Gasteiger partial charge < -0.3 is 15.4 Å². The van der Waals surface area contributed by atoms with E-state index < -0.39 is 11.9 Å². The molecule has 1 aliphatic rings. The molecule has 0 aliphatic carbocycles. The van der Waals surface area contributed by atoms with Crippen LogP contribution < -0.4 is 10.6 Å². The van der Waals surface area contributed by atoms with Gasteiger partial charge in [0.1, 0.15) is 11.5 Å². The van der Waals surface area contributed by atoms with E-state index >= 15 is 0 Å². The number of rotatable bonds is 3. The molecule has 2 heterocycles. The van der Waals surface area contributed by atoms with Crippen LogP contribution in [-0.2, 0) is 10.9 Å². The zero-order valence-electron chi connectivity index (χ0n) is 11.2. The van der Waals surface area contributed by atoms with Crippen LogP contribution in [0.5, 0.6) is 0 Å². The van der Waals surface area contributed by atoms with Gasteiger partial charge in [-0.1, -0.05) is 6.07 Å². The number of methoxy groups -OCH3 is 1. The second kappa shape index (κ2) is 5.97. The summed E-state index contributed by atoms with van der Waals surface area (Å²) in [4.78, 5) is 5.56. The number of halogens is 3. The van der Waals surface area contributed by atoms with Gasteiger partial charge in [-0.2, -0.15) is 13.2 Å². The largest absolute Gasteiger partial charge is 0.433 e. The number of pyridine rings is 1. The highest BCUT2D eigenvalue weighted by Gasteiger charge is 2.34. The minimum Gasteiger partial charge on any atom is -0.381 e. The lowest BCUT2D eigenvalue weighted by molar-refractivity contribution is -0.141. The summed E-state index contributed by atoms with van der Waals surface area (Å²) < 4.78 is 43.4. The molecule has 1 aliphatic heterocycles. The first-order chi connectivity index (χ1) is 9.45. The number of ether oxygens (including phenoxy) is 1. The fraction of sp³-hybridized carbons (Fsp3) is 0.615. The van der Waals surface area contributed by atoms with Crippen LogP contribution >= 0.6 is 0 Å². The average Bonchev–Trinajstić information content (AvgIpc) is 2.45. The summed E-state index contributed by atoms with van der Waals surface area (Å²) in [6.45, 7) is 0.951. The Morgan fingerprint density at radius 1 is 1.45 bits per heavy atom. The van der Waals surface area contributed by atoms with Crippen molar-refractivity contribution in [3.05, 3.63) is 23.9 Å². The molecule has 112 valence electrons. The second-order valence-corrected chi connectivity index (χ2v) is 4.84. The van der Waals surface area contributed by atoms with E-state index in [4.69, 9.17) is 10.5 Å². The Balaban J connectivity index is 2.22. The average molecular weight is 289 g/mol. The normalized spacial score (nSPS) is 23.9. The van der Waals surface area contributed by atoms with Crippen LogP contribution in [0.1, 0.15) is 18.5 Å². The van der Waals surface area contributed by atoms with Crippen LogP contribution in [0.2, 0.25) is 0 Å². The number of hydrogen-bond donors (Lipinski definition) is 1. The Morgan fingerprint density at radius 2 is 2.20 bits per heavy atom. The second-order valence-electron chi connectivity index (χ2n) is 4.84. The number of nitrogens with zero attached hydrogens (tertiary/aromatic N) is 2. The summed E-state index contributed by atoms with van der Waals surface area (Å²) in [5.74, 6) is 0.324. The van der Waals surface area contributed by atoms with Gasteiger partial charge in [0.05, 0.1) is 6.10 Å². The number of piperidine rings is 1. The van der Waals surface area contributed by atoms with E-state index in [1.807, 2.05) is 4.90 Å². The van der Waals surface area contributed by atoms with Gasteiger partial charge in [-0.15, -0.1) is 0 Å². The SMILES string of the molecule is COC1CCN(c2cccc(C(F)(F)F)n2)C(CN)C1. The van der Waals surface area contributed by atoms with Crippen molar-refractivity contribution in [2.45, 2.75) is 31.2 Å². The molecule has 0 spiro atoms. The molecule has 4 nitrogen and oxygen atoms in total. The van der Waals surface area contributed by atoms with Gasteiger partial charge in [-0.05, 0) is 25.0 Å². The van der Waals surface area contributed by atoms with Crippen molar-refractivity contribution < 1.29 is 17.9 Å². The molecular weight excluding hydrogens is 271 g/mol. The molecule has 1 fully saturated rings. The first-order valence-corrected chi connectivity index (χ1v) is 6.49. The van der Waals surface area contributed by atoms with Crippen molar-refractivity contribution in [1.29, 1.82) is 0 Å². The van der Waals surface area contributed by atoms with E-state index in [1.54, 1.807) is 13.2 Å². The molecule has 2 atom stereocenters. The molecule has 1 aromatic heterocycles. The quantitative estimate of drug-likeness (QED) is 0.925. The van der Waals surface area contributed by atoms with Gasteiger partial charge in [0.25, 0.3) is 0 Å². The number of hydrogen-bond acceptors (Lipinski definition) is 4. The minimum absolute atomic E-state index is 0.0512. The lowest BCUT2D eigenvalue weighted by atomic mass is 9.99. The van der Waals surface area contributed by atoms with Crippen LogP contribution in [0.3, 0.4) is 0 Å². The standard InChI is InChI=1S/C13H18F3N3O/c1-20-10-5-6-19(9(7-10)8-17)12-4-2-3-11(18-12)13(14,15)16/h2-4,9-10H,5-8,17H2,1H3. The first kappa shape index (κ1) is 15.1. The molecule has 1 saturated heterocycles. The van der Waals surface area contributed by atoms with Crippen molar-refractivity contribution in [2.24, 2.45) is 5.73 Å². The third-order valence-corrected chi connectivity index (χ3v) is 3.59. The zero-order valence-corrected chi connectivity index (χ0v) is 11.2. The maximum absolute atomic E-state index is 12.7. The summed E-state index contributed by atoms with van der Waals surface area (Å²) >= 11 is 0. The maximum atomic E-state index is 12.7. The molecule has 20 heavy (non-hydrogen) atoms.